The highest BCUT2D eigenvalue weighted by atomic mass is 35.5. The zero-order chi connectivity index (χ0) is 17.8. The van der Waals surface area contributed by atoms with Crippen LogP contribution in [-0.2, 0) is 0 Å². The first kappa shape index (κ1) is 17.7. The summed E-state index contributed by atoms with van der Waals surface area (Å²) in [4.78, 5) is 19.0. The van der Waals surface area contributed by atoms with Crippen molar-refractivity contribution in [3.8, 4) is 0 Å². The summed E-state index contributed by atoms with van der Waals surface area (Å²) < 4.78 is 13.2. The van der Waals surface area contributed by atoms with E-state index in [1.165, 1.54) is 31.0 Å². The molecule has 0 bridgehead atoms. The number of pyridine rings is 1. The highest BCUT2D eigenvalue weighted by Gasteiger charge is 2.22. The Morgan fingerprint density at radius 2 is 2.20 bits per heavy atom. The van der Waals surface area contributed by atoms with Crippen molar-refractivity contribution in [2.45, 2.75) is 38.6 Å². The summed E-state index contributed by atoms with van der Waals surface area (Å²) in [5.74, 6) is -0.856. The monoisotopic (exact) mass is 361 g/mol. The third-order valence-electron chi connectivity index (χ3n) is 4.58. The molecule has 0 spiro atoms. The smallest absolute Gasteiger partial charge is 0.274 e. The fraction of sp³-hybridized carbons (Fsp3) is 0.368. The van der Waals surface area contributed by atoms with Crippen molar-refractivity contribution >= 4 is 28.9 Å². The molecule has 3 rings (SSSR count). The zero-order valence-electron chi connectivity index (χ0n) is 14.1. The van der Waals surface area contributed by atoms with E-state index in [-0.39, 0.29) is 10.9 Å². The SMILES string of the molecule is CCC1CCCCN1c1ccnc(C(=O)Nc2ccc(F)c(Cl)c2)c1. The van der Waals surface area contributed by atoms with Crippen LogP contribution in [0.5, 0.6) is 0 Å². The largest absolute Gasteiger partial charge is 0.368 e. The molecule has 2 heterocycles. The van der Waals surface area contributed by atoms with E-state index in [4.69, 9.17) is 11.6 Å². The lowest BCUT2D eigenvalue weighted by atomic mass is 9.99. The summed E-state index contributed by atoms with van der Waals surface area (Å²) in [6.07, 6.45) is 6.32. The number of nitrogens with one attached hydrogen (secondary N) is 1. The molecule has 1 fully saturated rings. The fourth-order valence-electron chi connectivity index (χ4n) is 3.26. The summed E-state index contributed by atoms with van der Waals surface area (Å²) in [7, 11) is 0. The van der Waals surface area contributed by atoms with Crippen molar-refractivity contribution in [3.05, 3.63) is 53.1 Å². The van der Waals surface area contributed by atoms with Gasteiger partial charge in [-0.25, -0.2) is 4.39 Å². The number of carbonyl (C=O) groups is 1. The molecular weight excluding hydrogens is 341 g/mol. The Labute approximate surface area is 152 Å². The minimum absolute atomic E-state index is 0.0291. The lowest BCUT2D eigenvalue weighted by Gasteiger charge is -2.37. The molecule has 0 aliphatic carbocycles. The van der Waals surface area contributed by atoms with Gasteiger partial charge in [0.05, 0.1) is 5.02 Å². The van der Waals surface area contributed by atoms with Crippen LogP contribution in [-0.4, -0.2) is 23.5 Å². The van der Waals surface area contributed by atoms with E-state index in [9.17, 15) is 9.18 Å². The van der Waals surface area contributed by atoms with Gasteiger partial charge in [0, 0.05) is 30.2 Å². The van der Waals surface area contributed by atoms with Crippen molar-refractivity contribution in [1.29, 1.82) is 0 Å². The molecular formula is C19H21ClFN3O. The minimum Gasteiger partial charge on any atom is -0.368 e. The van der Waals surface area contributed by atoms with Gasteiger partial charge in [-0.2, -0.15) is 0 Å². The van der Waals surface area contributed by atoms with Crippen molar-refractivity contribution in [2.75, 3.05) is 16.8 Å². The molecule has 1 atom stereocenters. The van der Waals surface area contributed by atoms with E-state index in [0.29, 0.717) is 17.4 Å². The Balaban J connectivity index is 1.78. The van der Waals surface area contributed by atoms with Crippen LogP contribution in [0.15, 0.2) is 36.5 Å². The van der Waals surface area contributed by atoms with Crippen LogP contribution in [0.3, 0.4) is 0 Å². The molecule has 0 radical (unpaired) electrons. The van der Waals surface area contributed by atoms with Crippen molar-refractivity contribution < 1.29 is 9.18 Å². The van der Waals surface area contributed by atoms with Crippen LogP contribution >= 0.6 is 11.6 Å². The lowest BCUT2D eigenvalue weighted by Crippen LogP contribution is -2.39. The lowest BCUT2D eigenvalue weighted by molar-refractivity contribution is 0.102. The predicted molar refractivity (Wildman–Crippen MR) is 98.9 cm³/mol. The van der Waals surface area contributed by atoms with Crippen molar-refractivity contribution in [3.63, 3.8) is 0 Å². The van der Waals surface area contributed by atoms with Gasteiger partial charge in [-0.3, -0.25) is 9.78 Å². The van der Waals surface area contributed by atoms with Gasteiger partial charge in [-0.15, -0.1) is 0 Å². The normalized spacial score (nSPS) is 17.4. The van der Waals surface area contributed by atoms with E-state index >= 15 is 0 Å². The maximum absolute atomic E-state index is 13.2. The van der Waals surface area contributed by atoms with Gasteiger partial charge in [-0.05, 0) is 56.0 Å². The molecule has 1 amide bonds. The number of aromatic nitrogens is 1. The Hall–Kier alpha value is -2.14. The van der Waals surface area contributed by atoms with Gasteiger partial charge in [-0.1, -0.05) is 18.5 Å². The number of anilines is 2. The molecule has 1 aromatic heterocycles. The number of hydrogen-bond donors (Lipinski definition) is 1. The molecule has 25 heavy (non-hydrogen) atoms. The van der Waals surface area contributed by atoms with Gasteiger partial charge in [0.25, 0.3) is 5.91 Å². The van der Waals surface area contributed by atoms with Gasteiger partial charge in [0.1, 0.15) is 11.5 Å². The average molecular weight is 362 g/mol. The Morgan fingerprint density at radius 1 is 1.36 bits per heavy atom. The molecule has 4 nitrogen and oxygen atoms in total. The highest BCUT2D eigenvalue weighted by molar-refractivity contribution is 6.31. The third kappa shape index (κ3) is 4.10. The van der Waals surface area contributed by atoms with E-state index in [1.807, 2.05) is 12.1 Å². The number of hydrogen-bond acceptors (Lipinski definition) is 3. The van der Waals surface area contributed by atoms with Crippen molar-refractivity contribution in [2.24, 2.45) is 0 Å². The van der Waals surface area contributed by atoms with Crippen LogP contribution < -0.4 is 10.2 Å². The van der Waals surface area contributed by atoms with Crippen LogP contribution in [0, 0.1) is 5.82 Å². The highest BCUT2D eigenvalue weighted by Crippen LogP contribution is 2.27. The Bertz CT molecular complexity index is 768. The molecule has 1 aromatic carbocycles. The number of halogens is 2. The molecule has 1 aliphatic heterocycles. The topological polar surface area (TPSA) is 45.2 Å². The van der Waals surface area contributed by atoms with Crippen molar-refractivity contribution in [1.82, 2.24) is 4.98 Å². The molecule has 6 heteroatoms. The van der Waals surface area contributed by atoms with Crippen LogP contribution in [0.1, 0.15) is 43.1 Å². The minimum atomic E-state index is -0.518. The number of nitrogens with zero attached hydrogens (tertiary/aromatic N) is 2. The summed E-state index contributed by atoms with van der Waals surface area (Å²) in [6, 6.07) is 8.34. The first-order chi connectivity index (χ1) is 12.1. The Morgan fingerprint density at radius 3 is 2.96 bits per heavy atom. The van der Waals surface area contributed by atoms with Gasteiger partial charge in [0.15, 0.2) is 0 Å². The predicted octanol–water partition coefficient (Wildman–Crippen LogP) is 4.90. The third-order valence-corrected chi connectivity index (χ3v) is 4.87. The molecule has 1 N–H and O–H groups in total. The number of benzene rings is 1. The van der Waals surface area contributed by atoms with E-state index in [2.05, 4.69) is 22.1 Å². The number of amides is 1. The fourth-order valence-corrected chi connectivity index (χ4v) is 3.44. The van der Waals surface area contributed by atoms with E-state index in [0.717, 1.165) is 25.1 Å². The van der Waals surface area contributed by atoms with Gasteiger partial charge < -0.3 is 10.2 Å². The second-order valence-electron chi connectivity index (χ2n) is 6.23. The Kier molecular flexibility index (Phi) is 5.53. The molecule has 1 aliphatic rings. The number of piperidine rings is 1. The second kappa shape index (κ2) is 7.83. The molecule has 1 saturated heterocycles. The first-order valence-electron chi connectivity index (χ1n) is 8.57. The van der Waals surface area contributed by atoms with E-state index < -0.39 is 5.82 Å². The molecule has 132 valence electrons. The van der Waals surface area contributed by atoms with E-state index in [1.54, 1.807) is 6.20 Å². The van der Waals surface area contributed by atoms with Crippen LogP contribution in [0.2, 0.25) is 5.02 Å². The molecule has 2 aromatic rings. The second-order valence-corrected chi connectivity index (χ2v) is 6.64. The van der Waals surface area contributed by atoms with Gasteiger partial charge >= 0.3 is 0 Å². The maximum atomic E-state index is 13.2. The first-order valence-corrected chi connectivity index (χ1v) is 8.95. The van der Waals surface area contributed by atoms with Gasteiger partial charge in [0.2, 0.25) is 0 Å². The standard InChI is InChI=1S/C19H21ClFN3O/c1-2-14-5-3-4-10-24(14)15-8-9-22-18(12-15)19(25)23-13-6-7-17(21)16(20)11-13/h6-9,11-12,14H,2-5,10H2,1H3,(H,23,25). The molecule has 1 unspecified atom stereocenters. The zero-order valence-corrected chi connectivity index (χ0v) is 14.9. The summed E-state index contributed by atoms with van der Waals surface area (Å²) in [6.45, 7) is 3.19. The van der Waals surface area contributed by atoms with Crippen LogP contribution in [0.4, 0.5) is 15.8 Å². The number of rotatable bonds is 4. The maximum Gasteiger partial charge on any atom is 0.274 e. The average Bonchev–Trinajstić information content (AvgIpc) is 2.64. The summed E-state index contributed by atoms with van der Waals surface area (Å²) in [5, 5.41) is 2.68. The molecule has 0 saturated carbocycles. The van der Waals surface area contributed by atoms with Crippen LogP contribution in [0.25, 0.3) is 0 Å². The number of carbonyl (C=O) groups excluding carboxylic acids is 1. The quantitative estimate of drug-likeness (QED) is 0.842. The summed E-state index contributed by atoms with van der Waals surface area (Å²) >= 11 is 5.75. The summed E-state index contributed by atoms with van der Waals surface area (Å²) in [5.41, 5.74) is 1.79.